The van der Waals surface area contributed by atoms with E-state index < -0.39 is 5.79 Å². The van der Waals surface area contributed by atoms with Gasteiger partial charge in [-0.25, -0.2) is 4.98 Å². The molecule has 4 aromatic rings. The molecule has 4 heterocycles. The fraction of sp³-hybridized carbons (Fsp3) is 0.333. The van der Waals surface area contributed by atoms with E-state index in [1.807, 2.05) is 37.3 Å². The van der Waals surface area contributed by atoms with Crippen molar-refractivity contribution in [2.24, 2.45) is 0 Å². The smallest absolute Gasteiger partial charge is 0.171 e. The Labute approximate surface area is 203 Å². The molecule has 2 aromatic carbocycles. The van der Waals surface area contributed by atoms with Gasteiger partial charge in [0.25, 0.3) is 0 Å². The highest BCUT2D eigenvalue weighted by atomic mass is 35.5. The Balaban J connectivity index is 1.56. The summed E-state index contributed by atoms with van der Waals surface area (Å²) < 4.78 is 14.1. The maximum atomic E-state index is 10.1. The van der Waals surface area contributed by atoms with Gasteiger partial charge in [0.15, 0.2) is 11.4 Å². The van der Waals surface area contributed by atoms with Crippen LogP contribution in [0.15, 0.2) is 48.5 Å². The van der Waals surface area contributed by atoms with E-state index in [1.54, 1.807) is 0 Å². The molecule has 2 saturated heterocycles. The number of nitrogens with zero attached hydrogens (tertiary/aromatic N) is 4. The highest BCUT2D eigenvalue weighted by Gasteiger charge is 2.41. The van der Waals surface area contributed by atoms with Crippen LogP contribution in [0.3, 0.4) is 0 Å². The minimum atomic E-state index is -0.454. The molecule has 0 unspecified atom stereocenters. The van der Waals surface area contributed by atoms with Crippen LogP contribution in [0.25, 0.3) is 16.7 Å². The van der Waals surface area contributed by atoms with Gasteiger partial charge in [-0.15, -0.1) is 0 Å². The number of ether oxygens (including phenoxy) is 2. The number of benzene rings is 2. The highest BCUT2D eigenvalue weighted by Crippen LogP contribution is 2.38. The van der Waals surface area contributed by atoms with Gasteiger partial charge in [-0.2, -0.15) is 5.26 Å². The number of fused-ring (bicyclic) bond motifs is 3. The number of hydrogen-bond acceptors (Lipinski definition) is 5. The standard InChI is InChI=1S/C27H25ClN4O2/c1-18-21(16-19-6-8-20(28)9-7-19)26(31-12-10-27(11-13-31)33-14-15-34-27)32-24-5-3-2-4-23(24)30-25(32)22(18)17-29/h2-9H,10-16H2,1H3. The molecule has 0 saturated carbocycles. The number of pyridine rings is 1. The maximum absolute atomic E-state index is 10.1. The summed E-state index contributed by atoms with van der Waals surface area (Å²) in [4.78, 5) is 7.29. The van der Waals surface area contributed by atoms with E-state index in [4.69, 9.17) is 26.1 Å². The fourth-order valence-electron chi connectivity index (χ4n) is 5.36. The SMILES string of the molecule is Cc1c(Cc2ccc(Cl)cc2)c(N2CCC3(CC2)OCCO3)n2c(nc3ccccc32)c1C#N. The second-order valence-corrected chi connectivity index (χ2v) is 9.51. The first-order chi connectivity index (χ1) is 16.6. The summed E-state index contributed by atoms with van der Waals surface area (Å²) in [6, 6.07) is 18.5. The number of para-hydroxylation sites is 2. The van der Waals surface area contributed by atoms with Crippen molar-refractivity contribution in [3.05, 3.63) is 75.8 Å². The average molecular weight is 473 g/mol. The lowest BCUT2D eigenvalue weighted by Crippen LogP contribution is -2.46. The first kappa shape index (κ1) is 21.4. The largest absolute Gasteiger partial charge is 0.357 e. The van der Waals surface area contributed by atoms with Crippen LogP contribution in [0, 0.1) is 18.3 Å². The third-order valence-corrected chi connectivity index (χ3v) is 7.39. The summed E-state index contributed by atoms with van der Waals surface area (Å²) in [5.41, 5.74) is 6.50. The molecule has 1 spiro atoms. The molecule has 0 aliphatic carbocycles. The summed E-state index contributed by atoms with van der Waals surface area (Å²) in [6.07, 6.45) is 2.31. The van der Waals surface area contributed by atoms with E-state index in [9.17, 15) is 5.26 Å². The van der Waals surface area contributed by atoms with Gasteiger partial charge in [0.2, 0.25) is 0 Å². The number of hydrogen-bond donors (Lipinski definition) is 0. The summed E-state index contributed by atoms with van der Waals surface area (Å²) in [6.45, 7) is 4.98. The minimum Gasteiger partial charge on any atom is -0.357 e. The molecule has 0 bridgehead atoms. The second-order valence-electron chi connectivity index (χ2n) is 9.07. The normalized spacial score (nSPS) is 17.6. The van der Waals surface area contributed by atoms with E-state index in [0.717, 1.165) is 59.5 Å². The fourth-order valence-corrected chi connectivity index (χ4v) is 5.48. The minimum absolute atomic E-state index is 0.454. The monoisotopic (exact) mass is 472 g/mol. The van der Waals surface area contributed by atoms with Crippen molar-refractivity contribution >= 4 is 34.1 Å². The molecule has 34 heavy (non-hydrogen) atoms. The molecule has 0 amide bonds. The molecule has 2 aliphatic heterocycles. The number of rotatable bonds is 3. The van der Waals surface area contributed by atoms with Crippen LogP contribution in [0.2, 0.25) is 5.02 Å². The van der Waals surface area contributed by atoms with Gasteiger partial charge in [0.05, 0.1) is 29.8 Å². The zero-order valence-corrected chi connectivity index (χ0v) is 19.8. The van der Waals surface area contributed by atoms with Gasteiger partial charge in [0, 0.05) is 42.9 Å². The summed E-state index contributed by atoms with van der Waals surface area (Å²) in [5, 5.41) is 10.9. The number of anilines is 1. The van der Waals surface area contributed by atoms with E-state index in [0.29, 0.717) is 35.9 Å². The molecule has 0 radical (unpaired) electrons. The van der Waals surface area contributed by atoms with Crippen molar-refractivity contribution in [2.45, 2.75) is 32.0 Å². The lowest BCUT2D eigenvalue weighted by atomic mass is 9.96. The van der Waals surface area contributed by atoms with Gasteiger partial charge < -0.3 is 14.4 Å². The molecule has 2 aromatic heterocycles. The number of halogens is 1. The van der Waals surface area contributed by atoms with Crippen LogP contribution in [-0.2, 0) is 15.9 Å². The number of imidazole rings is 1. The van der Waals surface area contributed by atoms with Crippen LogP contribution in [0.1, 0.15) is 35.1 Å². The molecule has 2 fully saturated rings. The van der Waals surface area contributed by atoms with Gasteiger partial charge in [-0.1, -0.05) is 35.9 Å². The van der Waals surface area contributed by atoms with Crippen LogP contribution in [-0.4, -0.2) is 41.5 Å². The molecular weight excluding hydrogens is 448 g/mol. The first-order valence-corrected chi connectivity index (χ1v) is 12.1. The Hall–Kier alpha value is -3.11. The van der Waals surface area contributed by atoms with Crippen LogP contribution >= 0.6 is 11.6 Å². The van der Waals surface area contributed by atoms with Crippen LogP contribution < -0.4 is 4.90 Å². The van der Waals surface area contributed by atoms with Crippen molar-refractivity contribution in [3.63, 3.8) is 0 Å². The second kappa shape index (κ2) is 8.28. The summed E-state index contributed by atoms with van der Waals surface area (Å²) >= 11 is 6.15. The number of aromatic nitrogens is 2. The zero-order valence-electron chi connectivity index (χ0n) is 19.1. The third-order valence-electron chi connectivity index (χ3n) is 7.14. The molecule has 172 valence electrons. The molecular formula is C27H25ClN4O2. The van der Waals surface area contributed by atoms with Gasteiger partial charge >= 0.3 is 0 Å². The van der Waals surface area contributed by atoms with Gasteiger partial charge in [-0.3, -0.25) is 4.40 Å². The Morgan fingerprint density at radius 2 is 1.76 bits per heavy atom. The Kier molecular flexibility index (Phi) is 5.22. The highest BCUT2D eigenvalue weighted by molar-refractivity contribution is 6.30. The van der Waals surface area contributed by atoms with Crippen LogP contribution in [0.4, 0.5) is 5.82 Å². The Morgan fingerprint density at radius 3 is 2.47 bits per heavy atom. The van der Waals surface area contributed by atoms with Gasteiger partial charge in [0.1, 0.15) is 11.9 Å². The quantitative estimate of drug-likeness (QED) is 0.407. The zero-order chi connectivity index (χ0) is 23.3. The molecule has 2 aliphatic rings. The maximum Gasteiger partial charge on any atom is 0.171 e. The van der Waals surface area contributed by atoms with E-state index in [2.05, 4.69) is 33.6 Å². The Bertz CT molecular complexity index is 1420. The molecule has 0 atom stereocenters. The molecule has 6 rings (SSSR count). The van der Waals surface area contributed by atoms with Gasteiger partial charge in [-0.05, 0) is 42.3 Å². The van der Waals surface area contributed by atoms with Crippen molar-refractivity contribution in [1.29, 1.82) is 5.26 Å². The lowest BCUT2D eigenvalue weighted by Gasteiger charge is -2.40. The summed E-state index contributed by atoms with van der Waals surface area (Å²) in [7, 11) is 0. The van der Waals surface area contributed by atoms with Crippen molar-refractivity contribution in [2.75, 3.05) is 31.2 Å². The van der Waals surface area contributed by atoms with Crippen molar-refractivity contribution in [1.82, 2.24) is 9.38 Å². The Morgan fingerprint density at radius 1 is 1.06 bits per heavy atom. The van der Waals surface area contributed by atoms with Crippen LogP contribution in [0.5, 0.6) is 0 Å². The number of nitriles is 1. The predicted molar refractivity (Wildman–Crippen MR) is 132 cm³/mol. The molecule has 6 nitrogen and oxygen atoms in total. The van der Waals surface area contributed by atoms with Crippen molar-refractivity contribution < 1.29 is 9.47 Å². The number of piperidine rings is 1. The van der Waals surface area contributed by atoms with E-state index >= 15 is 0 Å². The third kappa shape index (κ3) is 3.43. The predicted octanol–water partition coefficient (Wildman–Crippen LogP) is 5.26. The van der Waals surface area contributed by atoms with Crippen molar-refractivity contribution in [3.8, 4) is 6.07 Å². The topological polar surface area (TPSA) is 62.8 Å². The summed E-state index contributed by atoms with van der Waals surface area (Å²) in [5.74, 6) is 0.646. The molecule has 0 N–H and O–H groups in total. The lowest BCUT2D eigenvalue weighted by molar-refractivity contribution is -0.169. The van der Waals surface area contributed by atoms with E-state index in [-0.39, 0.29) is 0 Å². The first-order valence-electron chi connectivity index (χ1n) is 11.7. The van der Waals surface area contributed by atoms with E-state index in [1.165, 1.54) is 0 Å². The average Bonchev–Trinajstić information content (AvgIpc) is 3.47. The molecule has 7 heteroatoms.